The van der Waals surface area contributed by atoms with Crippen LogP contribution in [0.1, 0.15) is 26.1 Å². The monoisotopic (exact) mass is 257 g/mol. The van der Waals surface area contributed by atoms with E-state index >= 15 is 0 Å². The molecule has 1 atom stereocenters. The maximum Gasteiger partial charge on any atom is 0.129 e. The maximum atomic E-state index is 5.95. The van der Waals surface area contributed by atoms with Crippen LogP contribution in [0.15, 0.2) is 16.9 Å². The van der Waals surface area contributed by atoms with Gasteiger partial charge in [0.15, 0.2) is 0 Å². The molecule has 0 radical (unpaired) electrons. The predicted molar refractivity (Wildman–Crippen MR) is 60.9 cm³/mol. The molecule has 1 unspecified atom stereocenters. The predicted octanol–water partition coefficient (Wildman–Crippen LogP) is 2.16. The average Bonchev–Trinajstić information content (AvgIpc) is 2.07. The molecule has 0 aromatic carbocycles. The highest BCUT2D eigenvalue weighted by atomic mass is 79.9. The first-order chi connectivity index (χ1) is 6.58. The topological polar surface area (TPSA) is 51.8 Å². The first-order valence-electron chi connectivity index (χ1n) is 4.80. The third kappa shape index (κ3) is 4.15. The molecular weight excluding hydrogens is 242 g/mol. The fraction of sp³-hybridized carbons (Fsp3) is 0.600. The number of rotatable bonds is 4. The molecule has 0 bridgehead atoms. The van der Waals surface area contributed by atoms with Crippen molar-refractivity contribution in [3.05, 3.63) is 22.7 Å². The molecule has 0 aliphatic rings. The lowest BCUT2D eigenvalue weighted by Gasteiger charge is -2.12. The lowest BCUT2D eigenvalue weighted by atomic mass is 10.0. The Morgan fingerprint density at radius 1 is 1.36 bits per heavy atom. The third-order valence-corrected chi connectivity index (χ3v) is 2.30. The summed E-state index contributed by atoms with van der Waals surface area (Å²) in [5, 5.41) is 0. The van der Waals surface area contributed by atoms with E-state index in [2.05, 4.69) is 39.7 Å². The largest absolute Gasteiger partial charge is 0.327 e. The summed E-state index contributed by atoms with van der Waals surface area (Å²) in [6.07, 6.45) is 5.28. The van der Waals surface area contributed by atoms with E-state index in [-0.39, 0.29) is 6.04 Å². The van der Waals surface area contributed by atoms with Gasteiger partial charge in [0.1, 0.15) is 5.82 Å². The molecule has 0 amide bonds. The molecule has 1 heterocycles. The van der Waals surface area contributed by atoms with Crippen molar-refractivity contribution in [2.75, 3.05) is 0 Å². The number of halogens is 1. The van der Waals surface area contributed by atoms with E-state index in [0.29, 0.717) is 5.92 Å². The van der Waals surface area contributed by atoms with Crippen LogP contribution < -0.4 is 5.73 Å². The second kappa shape index (κ2) is 5.41. The highest BCUT2D eigenvalue weighted by Crippen LogP contribution is 2.08. The summed E-state index contributed by atoms with van der Waals surface area (Å²) in [6.45, 7) is 4.34. The minimum atomic E-state index is 0.163. The van der Waals surface area contributed by atoms with Gasteiger partial charge in [0.05, 0.1) is 4.47 Å². The molecule has 2 N–H and O–H groups in total. The van der Waals surface area contributed by atoms with E-state index in [1.807, 2.05) is 0 Å². The van der Waals surface area contributed by atoms with E-state index in [1.54, 1.807) is 12.4 Å². The summed E-state index contributed by atoms with van der Waals surface area (Å²) in [4.78, 5) is 8.38. The quantitative estimate of drug-likeness (QED) is 0.900. The number of nitrogens with zero attached hydrogens (tertiary/aromatic N) is 2. The molecule has 0 aliphatic heterocycles. The Kier molecular flexibility index (Phi) is 4.48. The fourth-order valence-electron chi connectivity index (χ4n) is 1.37. The van der Waals surface area contributed by atoms with Crippen molar-refractivity contribution in [1.29, 1.82) is 0 Å². The molecule has 1 rings (SSSR count). The second-order valence-electron chi connectivity index (χ2n) is 3.91. The Balaban J connectivity index is 2.47. The summed E-state index contributed by atoms with van der Waals surface area (Å²) in [6, 6.07) is 0.163. The van der Waals surface area contributed by atoms with Crippen LogP contribution in [0.3, 0.4) is 0 Å². The van der Waals surface area contributed by atoms with Crippen LogP contribution in [0.4, 0.5) is 0 Å². The van der Waals surface area contributed by atoms with Crippen molar-refractivity contribution in [2.24, 2.45) is 11.7 Å². The van der Waals surface area contributed by atoms with Crippen molar-refractivity contribution >= 4 is 15.9 Å². The van der Waals surface area contributed by atoms with Crippen LogP contribution >= 0.6 is 15.9 Å². The summed E-state index contributed by atoms with van der Waals surface area (Å²) in [5.74, 6) is 1.45. The van der Waals surface area contributed by atoms with Crippen LogP contribution in [-0.2, 0) is 6.42 Å². The molecule has 0 saturated heterocycles. The molecule has 14 heavy (non-hydrogen) atoms. The number of nitrogens with two attached hydrogens (primary N) is 1. The molecule has 1 aromatic rings. The molecule has 4 heteroatoms. The standard InChI is InChI=1S/C10H16BrN3/c1-7(2)3-9(12)4-10-13-5-8(11)6-14-10/h5-7,9H,3-4,12H2,1-2H3. The number of hydrogen-bond donors (Lipinski definition) is 1. The Hall–Kier alpha value is -0.480. The molecule has 0 spiro atoms. The summed E-state index contributed by atoms with van der Waals surface area (Å²) >= 11 is 3.30. The van der Waals surface area contributed by atoms with Crippen LogP contribution in [-0.4, -0.2) is 16.0 Å². The van der Waals surface area contributed by atoms with E-state index in [0.717, 1.165) is 23.1 Å². The van der Waals surface area contributed by atoms with Gasteiger partial charge >= 0.3 is 0 Å². The van der Waals surface area contributed by atoms with E-state index in [4.69, 9.17) is 5.73 Å². The molecule has 0 saturated carbocycles. The molecule has 3 nitrogen and oxygen atoms in total. The van der Waals surface area contributed by atoms with Gasteiger partial charge in [-0.05, 0) is 28.3 Å². The first kappa shape index (κ1) is 11.6. The van der Waals surface area contributed by atoms with Gasteiger partial charge in [0.2, 0.25) is 0 Å². The molecule has 0 aliphatic carbocycles. The number of aromatic nitrogens is 2. The normalized spacial score (nSPS) is 13.2. The maximum absolute atomic E-state index is 5.95. The van der Waals surface area contributed by atoms with Gasteiger partial charge in [0.25, 0.3) is 0 Å². The highest BCUT2D eigenvalue weighted by Gasteiger charge is 2.08. The average molecular weight is 258 g/mol. The fourth-order valence-corrected chi connectivity index (χ4v) is 1.57. The van der Waals surface area contributed by atoms with Crippen molar-refractivity contribution < 1.29 is 0 Å². The van der Waals surface area contributed by atoms with Crippen LogP contribution in [0.2, 0.25) is 0 Å². The van der Waals surface area contributed by atoms with E-state index in [9.17, 15) is 0 Å². The summed E-state index contributed by atoms with van der Waals surface area (Å²) in [5.41, 5.74) is 5.95. The summed E-state index contributed by atoms with van der Waals surface area (Å²) in [7, 11) is 0. The lowest BCUT2D eigenvalue weighted by Crippen LogP contribution is -2.25. The molecular formula is C10H16BrN3. The lowest BCUT2D eigenvalue weighted by molar-refractivity contribution is 0.486. The van der Waals surface area contributed by atoms with Crippen LogP contribution in [0, 0.1) is 5.92 Å². The second-order valence-corrected chi connectivity index (χ2v) is 4.83. The Morgan fingerprint density at radius 3 is 2.43 bits per heavy atom. The van der Waals surface area contributed by atoms with E-state index in [1.165, 1.54) is 0 Å². The molecule has 1 aromatic heterocycles. The molecule has 0 fully saturated rings. The number of hydrogen-bond acceptors (Lipinski definition) is 3. The zero-order valence-corrected chi connectivity index (χ0v) is 10.2. The van der Waals surface area contributed by atoms with Gasteiger partial charge in [-0.3, -0.25) is 0 Å². The Bertz CT molecular complexity index is 271. The molecule has 78 valence electrons. The van der Waals surface area contributed by atoms with E-state index < -0.39 is 0 Å². The van der Waals surface area contributed by atoms with Gasteiger partial charge in [-0.2, -0.15) is 0 Å². The zero-order chi connectivity index (χ0) is 10.6. The SMILES string of the molecule is CC(C)CC(N)Cc1ncc(Br)cn1. The van der Waals surface area contributed by atoms with Crippen molar-refractivity contribution in [2.45, 2.75) is 32.7 Å². The zero-order valence-electron chi connectivity index (χ0n) is 8.57. The Labute approximate surface area is 93.3 Å². The van der Waals surface area contributed by atoms with Gasteiger partial charge in [-0.1, -0.05) is 13.8 Å². The highest BCUT2D eigenvalue weighted by molar-refractivity contribution is 9.10. The minimum absolute atomic E-state index is 0.163. The minimum Gasteiger partial charge on any atom is -0.327 e. The van der Waals surface area contributed by atoms with Crippen LogP contribution in [0.5, 0.6) is 0 Å². The van der Waals surface area contributed by atoms with Crippen LogP contribution in [0.25, 0.3) is 0 Å². The van der Waals surface area contributed by atoms with Crippen molar-refractivity contribution in [3.8, 4) is 0 Å². The van der Waals surface area contributed by atoms with Crippen molar-refractivity contribution in [1.82, 2.24) is 9.97 Å². The van der Waals surface area contributed by atoms with Gasteiger partial charge in [-0.15, -0.1) is 0 Å². The summed E-state index contributed by atoms with van der Waals surface area (Å²) < 4.78 is 0.902. The van der Waals surface area contributed by atoms with Gasteiger partial charge in [0, 0.05) is 24.9 Å². The smallest absolute Gasteiger partial charge is 0.129 e. The third-order valence-electron chi connectivity index (χ3n) is 1.89. The van der Waals surface area contributed by atoms with Crippen molar-refractivity contribution in [3.63, 3.8) is 0 Å². The first-order valence-corrected chi connectivity index (χ1v) is 5.59. The van der Waals surface area contributed by atoms with Gasteiger partial charge in [-0.25, -0.2) is 9.97 Å². The van der Waals surface area contributed by atoms with Gasteiger partial charge < -0.3 is 5.73 Å². The Morgan fingerprint density at radius 2 is 1.93 bits per heavy atom.